The van der Waals surface area contributed by atoms with E-state index < -0.39 is 17.0 Å². The predicted molar refractivity (Wildman–Crippen MR) is 87.3 cm³/mol. The molecule has 0 N–H and O–H groups in total. The van der Waals surface area contributed by atoms with Crippen molar-refractivity contribution in [1.82, 2.24) is 0 Å². The van der Waals surface area contributed by atoms with Crippen LogP contribution in [0.2, 0.25) is 0 Å². The Kier molecular flexibility index (Phi) is 5.64. The molecule has 0 fully saturated rings. The fourth-order valence-electron chi connectivity index (χ4n) is 2.24. The van der Waals surface area contributed by atoms with Gasteiger partial charge in [-0.3, -0.25) is 0 Å². The van der Waals surface area contributed by atoms with Gasteiger partial charge < -0.3 is 0 Å². The molecular weight excluding hydrogens is 381 g/mol. The number of hydrogen-bond donors (Lipinski definition) is 0. The van der Waals surface area contributed by atoms with Crippen LogP contribution in [-0.2, 0) is 11.8 Å². The molecule has 0 bridgehead atoms. The van der Waals surface area contributed by atoms with Crippen molar-refractivity contribution in [3.05, 3.63) is 69.7 Å². The molecule has 21 heavy (non-hydrogen) atoms. The van der Waals surface area contributed by atoms with Gasteiger partial charge in [-0.1, -0.05) is 34.1 Å². The van der Waals surface area contributed by atoms with Gasteiger partial charge in [0.25, 0.3) is 0 Å². The smallest absolute Gasteiger partial charge is 0.129 e. The first-order valence-electron chi connectivity index (χ1n) is 6.33. The summed E-state index contributed by atoms with van der Waals surface area (Å²) in [6, 6.07) is 11.3. The SMILES string of the molecule is Fc1cccc(F)c1CC(CCl)(CCl)c1cccc(Br)c1. The van der Waals surface area contributed by atoms with E-state index in [4.69, 9.17) is 23.2 Å². The summed E-state index contributed by atoms with van der Waals surface area (Å²) in [5.74, 6) is -0.823. The minimum Gasteiger partial charge on any atom is -0.207 e. The largest absolute Gasteiger partial charge is 0.207 e. The normalized spacial score (nSPS) is 11.7. The zero-order valence-corrected chi connectivity index (χ0v) is 14.2. The van der Waals surface area contributed by atoms with E-state index in [-0.39, 0.29) is 23.7 Å². The van der Waals surface area contributed by atoms with Crippen LogP contribution in [0.1, 0.15) is 11.1 Å². The van der Waals surface area contributed by atoms with E-state index in [0.29, 0.717) is 0 Å². The molecule has 0 aliphatic heterocycles. The number of hydrogen-bond acceptors (Lipinski definition) is 0. The lowest BCUT2D eigenvalue weighted by Crippen LogP contribution is -2.34. The van der Waals surface area contributed by atoms with Crippen LogP contribution in [0.5, 0.6) is 0 Å². The molecule has 2 rings (SSSR count). The summed E-state index contributed by atoms with van der Waals surface area (Å²) in [7, 11) is 0. The van der Waals surface area contributed by atoms with Crippen LogP contribution < -0.4 is 0 Å². The quantitative estimate of drug-likeness (QED) is 0.572. The fourth-order valence-corrected chi connectivity index (χ4v) is 3.43. The third-order valence-electron chi connectivity index (χ3n) is 3.53. The van der Waals surface area contributed by atoms with Gasteiger partial charge in [0.15, 0.2) is 0 Å². The molecule has 2 aromatic rings. The van der Waals surface area contributed by atoms with Crippen molar-refractivity contribution < 1.29 is 8.78 Å². The summed E-state index contributed by atoms with van der Waals surface area (Å²) >= 11 is 15.6. The molecule has 112 valence electrons. The maximum atomic E-state index is 13.9. The minimum absolute atomic E-state index is 0.0128. The average molecular weight is 394 g/mol. The Hall–Kier alpha value is -0.640. The molecular formula is C16H13BrCl2F2. The van der Waals surface area contributed by atoms with E-state index in [9.17, 15) is 8.78 Å². The third kappa shape index (κ3) is 3.58. The zero-order valence-electron chi connectivity index (χ0n) is 11.1. The molecule has 0 aromatic heterocycles. The van der Waals surface area contributed by atoms with Gasteiger partial charge in [0.05, 0.1) is 0 Å². The molecule has 0 spiro atoms. The van der Waals surface area contributed by atoms with Gasteiger partial charge in [0, 0.05) is 27.2 Å². The highest BCUT2D eigenvalue weighted by Crippen LogP contribution is 2.34. The summed E-state index contributed by atoms with van der Waals surface area (Å²) < 4.78 is 28.7. The molecule has 0 aliphatic carbocycles. The van der Waals surface area contributed by atoms with Crippen molar-refractivity contribution in [3.8, 4) is 0 Å². The maximum Gasteiger partial charge on any atom is 0.129 e. The van der Waals surface area contributed by atoms with Crippen LogP contribution >= 0.6 is 39.1 Å². The second kappa shape index (κ2) is 7.08. The van der Waals surface area contributed by atoms with Crippen LogP contribution in [0.25, 0.3) is 0 Å². The minimum atomic E-state index is -0.726. The lowest BCUT2D eigenvalue weighted by molar-refractivity contribution is 0.483. The van der Waals surface area contributed by atoms with E-state index in [0.717, 1.165) is 10.0 Å². The van der Waals surface area contributed by atoms with Crippen LogP contribution in [-0.4, -0.2) is 11.8 Å². The average Bonchev–Trinajstić information content (AvgIpc) is 2.48. The third-order valence-corrected chi connectivity index (χ3v) is 5.04. The van der Waals surface area contributed by atoms with Crippen molar-refractivity contribution in [2.75, 3.05) is 11.8 Å². The Balaban J connectivity index is 2.48. The molecule has 0 unspecified atom stereocenters. The Labute approximate surface area is 141 Å². The van der Waals surface area contributed by atoms with Crippen LogP contribution in [0.15, 0.2) is 46.9 Å². The first-order chi connectivity index (χ1) is 10.0. The zero-order chi connectivity index (χ0) is 15.5. The Morgan fingerprint density at radius 2 is 1.52 bits per heavy atom. The van der Waals surface area contributed by atoms with Gasteiger partial charge in [-0.25, -0.2) is 8.78 Å². The molecule has 0 saturated heterocycles. The summed E-state index contributed by atoms with van der Waals surface area (Å²) in [5, 5.41) is 0. The topological polar surface area (TPSA) is 0 Å². The van der Waals surface area contributed by atoms with E-state index in [1.54, 1.807) is 0 Å². The van der Waals surface area contributed by atoms with Crippen LogP contribution in [0, 0.1) is 11.6 Å². The second-order valence-electron chi connectivity index (χ2n) is 4.93. The molecule has 2 aromatic carbocycles. The van der Waals surface area contributed by atoms with E-state index >= 15 is 0 Å². The summed E-state index contributed by atoms with van der Waals surface area (Å²) in [6.45, 7) is 0. The number of benzene rings is 2. The van der Waals surface area contributed by atoms with Crippen LogP contribution in [0.3, 0.4) is 0 Å². The highest BCUT2D eigenvalue weighted by molar-refractivity contribution is 9.10. The molecule has 0 amide bonds. The standard InChI is InChI=1S/C16H13BrCl2F2/c17-12-4-1-3-11(7-12)16(9-18,10-19)8-13-14(20)5-2-6-15(13)21/h1-7H,8-10H2. The number of alkyl halides is 2. The van der Waals surface area contributed by atoms with Crippen molar-refractivity contribution in [1.29, 1.82) is 0 Å². The first kappa shape index (κ1) is 16.7. The second-order valence-corrected chi connectivity index (χ2v) is 6.39. The van der Waals surface area contributed by atoms with Crippen molar-refractivity contribution in [2.24, 2.45) is 0 Å². The fraction of sp³-hybridized carbons (Fsp3) is 0.250. The highest BCUT2D eigenvalue weighted by Gasteiger charge is 2.33. The molecule has 0 atom stereocenters. The van der Waals surface area contributed by atoms with Gasteiger partial charge in [-0.2, -0.15) is 0 Å². The number of halogens is 5. The molecule has 0 radical (unpaired) electrons. The van der Waals surface area contributed by atoms with Crippen molar-refractivity contribution in [2.45, 2.75) is 11.8 Å². The van der Waals surface area contributed by atoms with E-state index in [2.05, 4.69) is 15.9 Å². The molecule has 5 heteroatoms. The Morgan fingerprint density at radius 1 is 0.952 bits per heavy atom. The van der Waals surface area contributed by atoms with E-state index in [1.165, 1.54) is 18.2 Å². The molecule has 0 heterocycles. The molecule has 0 aliphatic rings. The van der Waals surface area contributed by atoms with Gasteiger partial charge in [0.1, 0.15) is 11.6 Å². The van der Waals surface area contributed by atoms with Gasteiger partial charge in [0.2, 0.25) is 0 Å². The predicted octanol–water partition coefficient (Wildman–Crippen LogP) is 5.69. The summed E-state index contributed by atoms with van der Waals surface area (Å²) in [6.07, 6.45) is 0.106. The molecule has 0 nitrogen and oxygen atoms in total. The van der Waals surface area contributed by atoms with Crippen LogP contribution in [0.4, 0.5) is 8.78 Å². The van der Waals surface area contributed by atoms with Crippen molar-refractivity contribution >= 4 is 39.1 Å². The van der Waals surface area contributed by atoms with Gasteiger partial charge in [-0.15, -0.1) is 23.2 Å². The van der Waals surface area contributed by atoms with Crippen molar-refractivity contribution in [3.63, 3.8) is 0 Å². The van der Waals surface area contributed by atoms with Gasteiger partial charge >= 0.3 is 0 Å². The summed E-state index contributed by atoms with van der Waals surface area (Å²) in [5.41, 5.74) is 0.138. The number of rotatable bonds is 5. The highest BCUT2D eigenvalue weighted by atomic mass is 79.9. The Morgan fingerprint density at radius 3 is 2.05 bits per heavy atom. The Bertz CT molecular complexity index is 607. The lowest BCUT2D eigenvalue weighted by Gasteiger charge is -2.31. The summed E-state index contributed by atoms with van der Waals surface area (Å²) in [4.78, 5) is 0. The monoisotopic (exact) mass is 392 g/mol. The maximum absolute atomic E-state index is 13.9. The molecule has 0 saturated carbocycles. The van der Waals surface area contributed by atoms with E-state index in [1.807, 2.05) is 24.3 Å². The lowest BCUT2D eigenvalue weighted by atomic mass is 9.78. The first-order valence-corrected chi connectivity index (χ1v) is 8.19. The van der Waals surface area contributed by atoms with Gasteiger partial charge in [-0.05, 0) is 36.2 Å².